The summed E-state index contributed by atoms with van der Waals surface area (Å²) in [4.78, 5) is 20.6. The maximum atomic E-state index is 11.4. The second-order valence-corrected chi connectivity index (χ2v) is 10.3. The molecule has 2 aliphatic rings. The summed E-state index contributed by atoms with van der Waals surface area (Å²) in [7, 11) is 1.83. The van der Waals surface area contributed by atoms with Crippen molar-refractivity contribution in [2.75, 3.05) is 5.32 Å². The third-order valence-electron chi connectivity index (χ3n) is 7.16. The van der Waals surface area contributed by atoms with Crippen LogP contribution >= 0.6 is 0 Å². The summed E-state index contributed by atoms with van der Waals surface area (Å²) >= 11 is 0. The molecule has 5 rings (SSSR count). The van der Waals surface area contributed by atoms with Gasteiger partial charge in [0, 0.05) is 13.0 Å². The molecule has 11 nitrogen and oxygen atoms in total. The monoisotopic (exact) mass is 481 g/mol. The highest BCUT2D eigenvalue weighted by Crippen LogP contribution is 2.58. The quantitative estimate of drug-likeness (QED) is 0.489. The van der Waals surface area contributed by atoms with Gasteiger partial charge in [0.05, 0.1) is 35.6 Å². The van der Waals surface area contributed by atoms with Crippen molar-refractivity contribution >= 4 is 11.9 Å². The Hall–Kier alpha value is -3.50. The highest BCUT2D eigenvalue weighted by atomic mass is 16.5. The number of carboxylic acid groups (broad SMARTS) is 1. The molecular formula is C24H31N7O4. The second-order valence-electron chi connectivity index (χ2n) is 10.3. The fraction of sp³-hybridized carbons (Fsp3) is 0.583. The lowest BCUT2D eigenvalue weighted by molar-refractivity contribution is -0.143. The zero-order valence-corrected chi connectivity index (χ0v) is 20.5. The summed E-state index contributed by atoms with van der Waals surface area (Å²) < 4.78 is 13.3. The third-order valence-corrected chi connectivity index (χ3v) is 7.16. The largest absolute Gasteiger partial charge is 0.489 e. The first-order chi connectivity index (χ1) is 16.7. The SMILES string of the molecule is Cc1nc(-c2nnn(C)c2CNc2noc(C3CC3(C)C)n2)ccc1O[C@H]1CCC[C@H](C(=O)O)C1. The van der Waals surface area contributed by atoms with Crippen LogP contribution < -0.4 is 10.1 Å². The van der Waals surface area contributed by atoms with E-state index < -0.39 is 5.97 Å². The van der Waals surface area contributed by atoms with Gasteiger partial charge in [0.1, 0.15) is 11.4 Å². The molecule has 35 heavy (non-hydrogen) atoms. The highest BCUT2D eigenvalue weighted by molar-refractivity contribution is 5.70. The van der Waals surface area contributed by atoms with E-state index >= 15 is 0 Å². The fourth-order valence-electron chi connectivity index (χ4n) is 4.73. The Morgan fingerprint density at radius 2 is 2.11 bits per heavy atom. The molecule has 0 saturated heterocycles. The van der Waals surface area contributed by atoms with Gasteiger partial charge in [-0.2, -0.15) is 4.98 Å². The molecule has 2 N–H and O–H groups in total. The lowest BCUT2D eigenvalue weighted by atomic mass is 9.87. The van der Waals surface area contributed by atoms with Crippen molar-refractivity contribution in [2.45, 2.75) is 71.4 Å². The number of pyridine rings is 1. The lowest BCUT2D eigenvalue weighted by Crippen LogP contribution is -2.29. The molecule has 0 spiro atoms. The third kappa shape index (κ3) is 4.85. The first kappa shape index (κ1) is 23.3. The van der Waals surface area contributed by atoms with Crippen molar-refractivity contribution in [3.63, 3.8) is 0 Å². The van der Waals surface area contributed by atoms with E-state index in [1.165, 1.54) is 0 Å². The Bertz CT molecular complexity index is 1230. The minimum atomic E-state index is -0.749. The predicted molar refractivity (Wildman–Crippen MR) is 126 cm³/mol. The van der Waals surface area contributed by atoms with Crippen molar-refractivity contribution < 1.29 is 19.2 Å². The van der Waals surface area contributed by atoms with Crippen LogP contribution in [0.3, 0.4) is 0 Å². The number of carbonyl (C=O) groups is 1. The maximum Gasteiger partial charge on any atom is 0.306 e. The van der Waals surface area contributed by atoms with Gasteiger partial charge in [-0.15, -0.1) is 5.10 Å². The van der Waals surface area contributed by atoms with E-state index in [9.17, 15) is 9.90 Å². The van der Waals surface area contributed by atoms with Crippen LogP contribution in [0.25, 0.3) is 11.4 Å². The van der Waals surface area contributed by atoms with Gasteiger partial charge in [0.2, 0.25) is 5.89 Å². The minimum Gasteiger partial charge on any atom is -0.489 e. The average molecular weight is 482 g/mol. The molecule has 3 atom stereocenters. The van der Waals surface area contributed by atoms with E-state index in [0.717, 1.165) is 30.7 Å². The van der Waals surface area contributed by atoms with Gasteiger partial charge in [0.25, 0.3) is 5.95 Å². The maximum absolute atomic E-state index is 11.4. The number of aromatic nitrogens is 6. The van der Waals surface area contributed by atoms with Crippen LogP contribution in [-0.4, -0.2) is 47.3 Å². The molecule has 186 valence electrons. The van der Waals surface area contributed by atoms with Crippen LogP contribution in [0.2, 0.25) is 0 Å². The second kappa shape index (κ2) is 8.94. The molecule has 0 bridgehead atoms. The smallest absolute Gasteiger partial charge is 0.306 e. The zero-order valence-electron chi connectivity index (χ0n) is 20.5. The van der Waals surface area contributed by atoms with E-state index in [2.05, 4.69) is 39.6 Å². The number of ether oxygens (including phenoxy) is 1. The number of aliphatic carboxylic acids is 1. The van der Waals surface area contributed by atoms with Crippen molar-refractivity contribution in [1.82, 2.24) is 30.1 Å². The molecule has 0 aromatic carbocycles. The van der Waals surface area contributed by atoms with Crippen LogP contribution in [0.15, 0.2) is 16.7 Å². The number of aryl methyl sites for hydroxylation is 2. The summed E-state index contributed by atoms with van der Waals surface area (Å²) in [5, 5.41) is 25.1. The molecule has 3 aromatic heterocycles. The molecule has 2 aliphatic carbocycles. The van der Waals surface area contributed by atoms with Crippen LogP contribution in [0.4, 0.5) is 5.95 Å². The van der Waals surface area contributed by atoms with Crippen LogP contribution in [0.1, 0.15) is 69.1 Å². The zero-order chi connectivity index (χ0) is 24.7. The number of rotatable bonds is 8. The first-order valence-corrected chi connectivity index (χ1v) is 12.0. The summed E-state index contributed by atoms with van der Waals surface area (Å²) in [6, 6.07) is 3.73. The van der Waals surface area contributed by atoms with E-state index in [1.54, 1.807) is 4.68 Å². The number of anilines is 1. The number of hydrogen-bond acceptors (Lipinski definition) is 9. The van der Waals surface area contributed by atoms with Gasteiger partial charge in [-0.05, 0) is 61.7 Å². The van der Waals surface area contributed by atoms with E-state index in [-0.39, 0.29) is 17.4 Å². The first-order valence-electron chi connectivity index (χ1n) is 12.0. The van der Waals surface area contributed by atoms with E-state index in [4.69, 9.17) is 14.2 Å². The molecule has 3 aromatic rings. The summed E-state index contributed by atoms with van der Waals surface area (Å²) in [5.74, 6) is 0.991. The van der Waals surface area contributed by atoms with Crippen LogP contribution in [0.5, 0.6) is 5.75 Å². The number of nitrogens with zero attached hydrogens (tertiary/aromatic N) is 6. The van der Waals surface area contributed by atoms with Crippen molar-refractivity contribution in [2.24, 2.45) is 18.4 Å². The highest BCUT2D eigenvalue weighted by Gasteiger charge is 2.50. The topological polar surface area (TPSA) is 141 Å². The molecule has 0 amide bonds. The van der Waals surface area contributed by atoms with Crippen LogP contribution in [-0.2, 0) is 18.4 Å². The Morgan fingerprint density at radius 1 is 1.31 bits per heavy atom. The van der Waals surface area contributed by atoms with Gasteiger partial charge in [-0.3, -0.25) is 4.79 Å². The molecule has 3 heterocycles. The number of nitrogens with one attached hydrogen (secondary N) is 1. The molecule has 2 saturated carbocycles. The van der Waals surface area contributed by atoms with Gasteiger partial charge in [0.15, 0.2) is 0 Å². The Morgan fingerprint density at radius 3 is 2.83 bits per heavy atom. The van der Waals surface area contributed by atoms with Crippen molar-refractivity contribution in [3.8, 4) is 17.1 Å². The van der Waals surface area contributed by atoms with E-state index in [0.29, 0.717) is 54.3 Å². The fourth-order valence-corrected chi connectivity index (χ4v) is 4.73. The standard InChI is InChI=1S/C24H31N7O4/c1-13-19(34-15-7-5-6-14(10-15)22(32)33)9-8-17(26-13)20-18(31(4)30-28-20)12-25-23-27-21(35-29-23)16-11-24(16,2)3/h8-9,14-16H,5-7,10-12H2,1-4H3,(H,25,29)(H,32,33)/t14-,15-,16?/m0/s1. The van der Waals surface area contributed by atoms with Crippen molar-refractivity contribution in [1.29, 1.82) is 0 Å². The van der Waals surface area contributed by atoms with Gasteiger partial charge < -0.3 is 19.7 Å². The molecule has 1 unspecified atom stereocenters. The minimum absolute atomic E-state index is 0.117. The molecule has 2 fully saturated rings. The van der Waals surface area contributed by atoms with Gasteiger partial charge in [-0.1, -0.05) is 19.1 Å². The Kier molecular flexibility index (Phi) is 5.94. The molecule has 11 heteroatoms. The Balaban J connectivity index is 1.27. The predicted octanol–water partition coefficient (Wildman–Crippen LogP) is 3.72. The van der Waals surface area contributed by atoms with Crippen molar-refractivity contribution in [3.05, 3.63) is 29.4 Å². The van der Waals surface area contributed by atoms with Crippen LogP contribution in [0, 0.1) is 18.3 Å². The summed E-state index contributed by atoms with van der Waals surface area (Å²) in [6.07, 6.45) is 3.86. The lowest BCUT2D eigenvalue weighted by Gasteiger charge is -2.27. The number of carboxylic acids is 1. The molecule has 0 aliphatic heterocycles. The summed E-state index contributed by atoms with van der Waals surface area (Å²) in [5.41, 5.74) is 3.11. The number of hydrogen-bond donors (Lipinski definition) is 2. The Labute approximate surface area is 203 Å². The molecular weight excluding hydrogens is 450 g/mol. The molecule has 0 radical (unpaired) electrons. The van der Waals surface area contributed by atoms with E-state index in [1.807, 2.05) is 26.1 Å². The average Bonchev–Trinajstić information content (AvgIpc) is 3.14. The normalized spacial score (nSPS) is 23.1. The summed E-state index contributed by atoms with van der Waals surface area (Å²) in [6.45, 7) is 6.67. The van der Waals surface area contributed by atoms with Gasteiger partial charge >= 0.3 is 5.97 Å². The van der Waals surface area contributed by atoms with Gasteiger partial charge in [-0.25, -0.2) is 9.67 Å².